The van der Waals surface area contributed by atoms with Crippen LogP contribution in [0, 0.1) is 13.8 Å². The highest BCUT2D eigenvalue weighted by Gasteiger charge is 2.38. The van der Waals surface area contributed by atoms with Crippen LogP contribution in [0.1, 0.15) is 42.1 Å². The third kappa shape index (κ3) is 2.60. The molecule has 0 spiro atoms. The van der Waals surface area contributed by atoms with Crippen LogP contribution < -0.4 is 5.73 Å². The number of thioether (sulfide) groups is 1. The lowest BCUT2D eigenvalue weighted by Crippen LogP contribution is -2.44. The van der Waals surface area contributed by atoms with Gasteiger partial charge in [0.2, 0.25) is 5.89 Å². The predicted molar refractivity (Wildman–Crippen MR) is 79.5 cm³/mol. The van der Waals surface area contributed by atoms with Gasteiger partial charge in [-0.25, -0.2) is 0 Å². The van der Waals surface area contributed by atoms with E-state index in [-0.39, 0.29) is 5.54 Å². The Hall–Kier alpha value is -1.33. The lowest BCUT2D eigenvalue weighted by molar-refractivity contribution is 0.229. The predicted octanol–water partition coefficient (Wildman–Crippen LogP) is 3.32. The largest absolute Gasteiger partial charge is 0.338 e. The molecule has 1 aromatic heterocycles. The van der Waals surface area contributed by atoms with Gasteiger partial charge in [0, 0.05) is 4.90 Å². The zero-order valence-electron chi connectivity index (χ0n) is 11.8. The Morgan fingerprint density at radius 1 is 1.35 bits per heavy atom. The first kappa shape index (κ1) is 13.6. The SMILES string of the molecule is Cc1ccc(C)c(SCc2nc(C3(N)CCC3)no2)c1. The van der Waals surface area contributed by atoms with E-state index < -0.39 is 0 Å². The van der Waals surface area contributed by atoms with Gasteiger partial charge in [-0.05, 0) is 44.7 Å². The third-order valence-electron chi connectivity index (χ3n) is 3.85. The van der Waals surface area contributed by atoms with Crippen molar-refractivity contribution in [1.29, 1.82) is 0 Å². The molecule has 0 bridgehead atoms. The highest BCUT2D eigenvalue weighted by atomic mass is 32.2. The van der Waals surface area contributed by atoms with Crippen LogP contribution in [0.15, 0.2) is 27.6 Å². The average molecular weight is 289 g/mol. The molecule has 0 atom stereocenters. The summed E-state index contributed by atoms with van der Waals surface area (Å²) >= 11 is 1.73. The Morgan fingerprint density at radius 2 is 2.15 bits per heavy atom. The highest BCUT2D eigenvalue weighted by molar-refractivity contribution is 7.98. The van der Waals surface area contributed by atoms with Crippen LogP contribution in [0.2, 0.25) is 0 Å². The Kier molecular flexibility index (Phi) is 3.56. The van der Waals surface area contributed by atoms with E-state index in [1.807, 2.05) is 0 Å². The van der Waals surface area contributed by atoms with E-state index in [0.717, 1.165) is 19.3 Å². The van der Waals surface area contributed by atoms with Crippen molar-refractivity contribution in [3.63, 3.8) is 0 Å². The second-order valence-corrected chi connectivity index (χ2v) is 6.60. The molecule has 4 nitrogen and oxygen atoms in total. The average Bonchev–Trinajstić information content (AvgIpc) is 2.86. The number of aryl methyl sites for hydroxylation is 2. The maximum absolute atomic E-state index is 6.20. The summed E-state index contributed by atoms with van der Waals surface area (Å²) in [5.41, 5.74) is 8.39. The van der Waals surface area contributed by atoms with Gasteiger partial charge in [-0.1, -0.05) is 22.9 Å². The van der Waals surface area contributed by atoms with Gasteiger partial charge < -0.3 is 10.3 Å². The van der Waals surface area contributed by atoms with E-state index in [1.165, 1.54) is 16.0 Å². The Morgan fingerprint density at radius 3 is 2.85 bits per heavy atom. The van der Waals surface area contributed by atoms with E-state index in [0.29, 0.717) is 17.5 Å². The molecule has 1 fully saturated rings. The summed E-state index contributed by atoms with van der Waals surface area (Å²) in [5, 5.41) is 4.04. The molecule has 0 unspecified atom stereocenters. The molecular formula is C15H19N3OS. The molecule has 20 heavy (non-hydrogen) atoms. The summed E-state index contributed by atoms with van der Waals surface area (Å²) in [6, 6.07) is 6.45. The summed E-state index contributed by atoms with van der Waals surface area (Å²) < 4.78 is 5.32. The molecule has 1 aliphatic rings. The van der Waals surface area contributed by atoms with Gasteiger partial charge in [0.15, 0.2) is 5.82 Å². The number of hydrogen-bond donors (Lipinski definition) is 1. The number of rotatable bonds is 4. The van der Waals surface area contributed by atoms with Gasteiger partial charge in [0.25, 0.3) is 0 Å². The number of nitrogens with zero attached hydrogens (tertiary/aromatic N) is 2. The molecule has 1 saturated carbocycles. The monoisotopic (exact) mass is 289 g/mol. The molecule has 1 aromatic carbocycles. The smallest absolute Gasteiger partial charge is 0.237 e. The first-order chi connectivity index (χ1) is 9.57. The van der Waals surface area contributed by atoms with Gasteiger partial charge in [0.05, 0.1) is 11.3 Å². The molecule has 106 valence electrons. The Labute approximate surface area is 123 Å². The number of aromatic nitrogens is 2. The Bertz CT molecular complexity index is 619. The first-order valence-corrected chi connectivity index (χ1v) is 7.87. The van der Waals surface area contributed by atoms with Crippen molar-refractivity contribution in [3.8, 4) is 0 Å². The van der Waals surface area contributed by atoms with Gasteiger partial charge >= 0.3 is 0 Å². The van der Waals surface area contributed by atoms with Crippen molar-refractivity contribution in [1.82, 2.24) is 10.1 Å². The fraction of sp³-hybridized carbons (Fsp3) is 0.467. The second kappa shape index (κ2) is 5.22. The quantitative estimate of drug-likeness (QED) is 0.875. The highest BCUT2D eigenvalue weighted by Crippen LogP contribution is 2.37. The van der Waals surface area contributed by atoms with E-state index in [4.69, 9.17) is 10.3 Å². The molecule has 3 rings (SSSR count). The second-order valence-electron chi connectivity index (χ2n) is 5.58. The standard InChI is InChI=1S/C15H19N3OS/c1-10-4-5-11(2)12(8-10)20-9-13-17-14(18-19-13)15(16)6-3-7-15/h4-5,8H,3,6-7,9,16H2,1-2H3. The van der Waals surface area contributed by atoms with Crippen molar-refractivity contribution >= 4 is 11.8 Å². The minimum absolute atomic E-state index is 0.342. The van der Waals surface area contributed by atoms with E-state index >= 15 is 0 Å². The molecule has 2 aromatic rings. The first-order valence-electron chi connectivity index (χ1n) is 6.89. The van der Waals surface area contributed by atoms with Gasteiger partial charge in [-0.3, -0.25) is 0 Å². The minimum atomic E-state index is -0.342. The van der Waals surface area contributed by atoms with Gasteiger partial charge in [-0.15, -0.1) is 11.8 Å². The van der Waals surface area contributed by atoms with E-state index in [1.54, 1.807) is 11.8 Å². The van der Waals surface area contributed by atoms with Gasteiger partial charge in [-0.2, -0.15) is 4.98 Å². The minimum Gasteiger partial charge on any atom is -0.338 e. The summed E-state index contributed by atoms with van der Waals surface area (Å²) in [6.07, 6.45) is 3.06. The molecule has 1 heterocycles. The summed E-state index contributed by atoms with van der Waals surface area (Å²) in [4.78, 5) is 5.71. The van der Waals surface area contributed by atoms with E-state index in [9.17, 15) is 0 Å². The molecule has 5 heteroatoms. The number of hydrogen-bond acceptors (Lipinski definition) is 5. The molecule has 0 amide bonds. The van der Waals surface area contributed by atoms with Crippen molar-refractivity contribution in [2.45, 2.75) is 49.3 Å². The molecule has 2 N–H and O–H groups in total. The lowest BCUT2D eigenvalue weighted by Gasteiger charge is -2.34. The molecule has 1 aliphatic carbocycles. The topological polar surface area (TPSA) is 64.9 Å². The van der Waals surface area contributed by atoms with Crippen molar-refractivity contribution in [2.75, 3.05) is 0 Å². The van der Waals surface area contributed by atoms with Gasteiger partial charge in [0.1, 0.15) is 0 Å². The normalized spacial score (nSPS) is 16.9. The number of nitrogens with two attached hydrogens (primary N) is 1. The zero-order valence-corrected chi connectivity index (χ0v) is 12.7. The van der Waals surface area contributed by atoms with Crippen LogP contribution in [-0.2, 0) is 11.3 Å². The molecular weight excluding hydrogens is 270 g/mol. The summed E-state index contributed by atoms with van der Waals surface area (Å²) in [6.45, 7) is 4.22. The Balaban J connectivity index is 1.68. The van der Waals surface area contributed by atoms with Crippen molar-refractivity contribution in [2.24, 2.45) is 5.73 Å². The molecule has 0 aliphatic heterocycles. The molecule has 0 saturated heterocycles. The third-order valence-corrected chi connectivity index (χ3v) is 5.00. The van der Waals surface area contributed by atoms with E-state index in [2.05, 4.69) is 42.2 Å². The van der Waals surface area contributed by atoms with Crippen LogP contribution in [0.5, 0.6) is 0 Å². The maximum atomic E-state index is 6.20. The van der Waals surface area contributed by atoms with Crippen molar-refractivity contribution < 1.29 is 4.52 Å². The number of benzene rings is 1. The fourth-order valence-electron chi connectivity index (χ4n) is 2.30. The van der Waals surface area contributed by atoms with Crippen LogP contribution in [-0.4, -0.2) is 10.1 Å². The summed E-state index contributed by atoms with van der Waals surface area (Å²) in [7, 11) is 0. The summed E-state index contributed by atoms with van der Waals surface area (Å²) in [5.74, 6) is 2.01. The maximum Gasteiger partial charge on any atom is 0.237 e. The van der Waals surface area contributed by atoms with Crippen LogP contribution >= 0.6 is 11.8 Å². The fourth-order valence-corrected chi connectivity index (χ4v) is 3.26. The van der Waals surface area contributed by atoms with Crippen molar-refractivity contribution in [3.05, 3.63) is 41.0 Å². The zero-order chi connectivity index (χ0) is 14.2. The van der Waals surface area contributed by atoms with Crippen LogP contribution in [0.25, 0.3) is 0 Å². The lowest BCUT2D eigenvalue weighted by atomic mass is 9.77. The van der Waals surface area contributed by atoms with Crippen LogP contribution in [0.3, 0.4) is 0 Å². The van der Waals surface area contributed by atoms with Crippen LogP contribution in [0.4, 0.5) is 0 Å². The molecule has 0 radical (unpaired) electrons.